The fourth-order valence-electron chi connectivity index (χ4n) is 1.99. The normalized spacial score (nSPS) is 11.1. The van der Waals surface area contributed by atoms with Crippen LogP contribution in [0, 0.1) is 6.92 Å². The highest BCUT2D eigenvalue weighted by Crippen LogP contribution is 2.31. The lowest BCUT2D eigenvalue weighted by Crippen LogP contribution is -1.94. The average molecular weight is 215 g/mol. The van der Waals surface area contributed by atoms with Gasteiger partial charge in [-0.25, -0.2) is 0 Å². The number of fused-ring (bicyclic) bond motifs is 1. The van der Waals surface area contributed by atoms with Crippen LogP contribution in [-0.4, -0.2) is 12.1 Å². The van der Waals surface area contributed by atoms with Crippen LogP contribution in [0.3, 0.4) is 0 Å². The van der Waals surface area contributed by atoms with Crippen molar-refractivity contribution in [3.8, 4) is 5.75 Å². The van der Waals surface area contributed by atoms with E-state index in [-0.39, 0.29) is 0 Å². The fraction of sp³-hybridized carbons (Fsp3) is 0.357. The van der Waals surface area contributed by atoms with Crippen molar-refractivity contribution < 1.29 is 4.74 Å². The molecule has 2 nitrogen and oxygen atoms in total. The van der Waals surface area contributed by atoms with Crippen molar-refractivity contribution in [2.45, 2.75) is 26.7 Å². The van der Waals surface area contributed by atoms with Gasteiger partial charge in [0, 0.05) is 11.6 Å². The highest BCUT2D eigenvalue weighted by Gasteiger charge is 2.10. The van der Waals surface area contributed by atoms with Gasteiger partial charge in [0.05, 0.1) is 7.11 Å². The van der Waals surface area contributed by atoms with Crippen LogP contribution in [0.5, 0.6) is 5.75 Å². The topological polar surface area (TPSA) is 22.1 Å². The van der Waals surface area contributed by atoms with E-state index in [0.29, 0.717) is 5.92 Å². The summed E-state index contributed by atoms with van der Waals surface area (Å²) in [4.78, 5) is 4.47. The molecule has 84 valence electrons. The molecule has 0 unspecified atom stereocenters. The van der Waals surface area contributed by atoms with Gasteiger partial charge in [0.25, 0.3) is 0 Å². The van der Waals surface area contributed by atoms with E-state index in [9.17, 15) is 0 Å². The molecule has 0 atom stereocenters. The minimum Gasteiger partial charge on any atom is -0.494 e. The largest absolute Gasteiger partial charge is 0.494 e. The molecule has 1 aromatic heterocycles. The maximum atomic E-state index is 5.34. The monoisotopic (exact) mass is 215 g/mol. The smallest absolute Gasteiger partial charge is 0.145 e. The SMILES string of the molecule is COc1ccc(C(C)C)c2cc(C)cnc12. The lowest BCUT2D eigenvalue weighted by atomic mass is 9.97. The zero-order chi connectivity index (χ0) is 11.7. The number of ether oxygens (including phenoxy) is 1. The number of methoxy groups -OCH3 is 1. The Bertz CT molecular complexity index is 517. The van der Waals surface area contributed by atoms with Gasteiger partial charge in [-0.1, -0.05) is 19.9 Å². The van der Waals surface area contributed by atoms with Crippen molar-refractivity contribution in [2.75, 3.05) is 7.11 Å². The zero-order valence-electron chi connectivity index (χ0n) is 10.2. The van der Waals surface area contributed by atoms with Crippen molar-refractivity contribution in [3.05, 3.63) is 35.5 Å². The molecule has 2 rings (SSSR count). The van der Waals surface area contributed by atoms with Crippen molar-refractivity contribution in [3.63, 3.8) is 0 Å². The molecule has 0 aliphatic heterocycles. The highest BCUT2D eigenvalue weighted by molar-refractivity contribution is 5.88. The summed E-state index contributed by atoms with van der Waals surface area (Å²) in [6.45, 7) is 6.46. The number of pyridine rings is 1. The summed E-state index contributed by atoms with van der Waals surface area (Å²) in [6, 6.07) is 6.31. The quantitative estimate of drug-likeness (QED) is 0.762. The standard InChI is InChI=1S/C14H17NO/c1-9(2)11-5-6-13(16-4)14-12(11)7-10(3)8-15-14/h5-9H,1-4H3. The minimum atomic E-state index is 0.497. The van der Waals surface area contributed by atoms with Crippen molar-refractivity contribution in [2.24, 2.45) is 0 Å². The first kappa shape index (κ1) is 10.9. The first-order valence-corrected chi connectivity index (χ1v) is 5.56. The number of benzene rings is 1. The van der Waals surface area contributed by atoms with Gasteiger partial charge in [-0.3, -0.25) is 4.98 Å². The number of hydrogen-bond donors (Lipinski definition) is 0. The van der Waals surface area contributed by atoms with E-state index in [2.05, 4.69) is 37.9 Å². The van der Waals surface area contributed by atoms with Gasteiger partial charge in [0.1, 0.15) is 11.3 Å². The van der Waals surface area contributed by atoms with Crippen molar-refractivity contribution >= 4 is 10.9 Å². The molecule has 2 heteroatoms. The summed E-state index contributed by atoms with van der Waals surface area (Å²) in [7, 11) is 1.69. The van der Waals surface area contributed by atoms with Crippen LogP contribution in [0.1, 0.15) is 30.9 Å². The zero-order valence-corrected chi connectivity index (χ0v) is 10.2. The molecule has 0 bridgehead atoms. The second-order valence-corrected chi connectivity index (χ2v) is 4.42. The molecule has 0 radical (unpaired) electrons. The maximum Gasteiger partial charge on any atom is 0.145 e. The Labute approximate surface area is 96.3 Å². The Hall–Kier alpha value is -1.57. The Morgan fingerprint density at radius 1 is 1.25 bits per heavy atom. The molecule has 0 N–H and O–H groups in total. The molecule has 0 aliphatic rings. The van der Waals surface area contributed by atoms with E-state index in [1.807, 2.05) is 12.3 Å². The third-order valence-corrected chi connectivity index (χ3v) is 2.82. The van der Waals surface area contributed by atoms with Crippen LogP contribution in [0.4, 0.5) is 0 Å². The summed E-state index contributed by atoms with van der Waals surface area (Å²) in [5.41, 5.74) is 3.47. The number of nitrogens with zero attached hydrogens (tertiary/aromatic N) is 1. The predicted molar refractivity (Wildman–Crippen MR) is 67.1 cm³/mol. The van der Waals surface area contributed by atoms with Crippen LogP contribution < -0.4 is 4.74 Å². The van der Waals surface area contributed by atoms with E-state index in [0.717, 1.165) is 11.3 Å². The second-order valence-electron chi connectivity index (χ2n) is 4.42. The highest BCUT2D eigenvalue weighted by atomic mass is 16.5. The first-order valence-electron chi connectivity index (χ1n) is 5.56. The fourth-order valence-corrected chi connectivity index (χ4v) is 1.99. The van der Waals surface area contributed by atoms with Gasteiger partial charge in [-0.05, 0) is 36.1 Å². The van der Waals surface area contributed by atoms with E-state index in [1.165, 1.54) is 16.5 Å². The summed E-state index contributed by atoms with van der Waals surface area (Å²) in [5.74, 6) is 1.34. The van der Waals surface area contributed by atoms with Crippen LogP contribution in [0.25, 0.3) is 10.9 Å². The van der Waals surface area contributed by atoms with Crippen molar-refractivity contribution in [1.82, 2.24) is 4.98 Å². The molecular formula is C14H17NO. The third-order valence-electron chi connectivity index (χ3n) is 2.82. The lowest BCUT2D eigenvalue weighted by Gasteiger charge is -2.12. The molecule has 0 aliphatic carbocycles. The van der Waals surface area contributed by atoms with E-state index >= 15 is 0 Å². The van der Waals surface area contributed by atoms with Gasteiger partial charge < -0.3 is 4.74 Å². The predicted octanol–water partition coefficient (Wildman–Crippen LogP) is 3.68. The van der Waals surface area contributed by atoms with Crippen LogP contribution in [0.15, 0.2) is 24.4 Å². The molecule has 1 aromatic carbocycles. The van der Waals surface area contributed by atoms with E-state index < -0.39 is 0 Å². The van der Waals surface area contributed by atoms with Gasteiger partial charge in [-0.2, -0.15) is 0 Å². The number of hydrogen-bond acceptors (Lipinski definition) is 2. The third kappa shape index (κ3) is 1.75. The number of aryl methyl sites for hydroxylation is 1. The molecule has 0 saturated heterocycles. The van der Waals surface area contributed by atoms with Crippen LogP contribution in [0.2, 0.25) is 0 Å². The second kappa shape index (κ2) is 4.12. The molecule has 0 spiro atoms. The van der Waals surface area contributed by atoms with Crippen molar-refractivity contribution in [1.29, 1.82) is 0 Å². The Kier molecular flexibility index (Phi) is 2.82. The maximum absolute atomic E-state index is 5.34. The van der Waals surface area contributed by atoms with E-state index in [1.54, 1.807) is 7.11 Å². The molecule has 0 amide bonds. The van der Waals surface area contributed by atoms with Crippen LogP contribution in [-0.2, 0) is 0 Å². The van der Waals surface area contributed by atoms with Gasteiger partial charge in [0.2, 0.25) is 0 Å². The summed E-state index contributed by atoms with van der Waals surface area (Å²) in [5, 5.41) is 1.20. The van der Waals surface area contributed by atoms with Gasteiger partial charge in [0.15, 0.2) is 0 Å². The first-order chi connectivity index (χ1) is 7.63. The average Bonchev–Trinajstić information content (AvgIpc) is 2.26. The molecule has 16 heavy (non-hydrogen) atoms. The van der Waals surface area contributed by atoms with Gasteiger partial charge >= 0.3 is 0 Å². The molecule has 0 saturated carbocycles. The van der Waals surface area contributed by atoms with Gasteiger partial charge in [-0.15, -0.1) is 0 Å². The van der Waals surface area contributed by atoms with Crippen LogP contribution >= 0.6 is 0 Å². The molecule has 1 heterocycles. The Morgan fingerprint density at radius 3 is 2.62 bits per heavy atom. The summed E-state index contributed by atoms with van der Waals surface area (Å²) >= 11 is 0. The molecule has 0 fully saturated rings. The lowest BCUT2D eigenvalue weighted by molar-refractivity contribution is 0.418. The van der Waals surface area contributed by atoms with E-state index in [4.69, 9.17) is 4.74 Å². The number of rotatable bonds is 2. The molecular weight excluding hydrogens is 198 g/mol. The summed E-state index contributed by atoms with van der Waals surface area (Å²) < 4.78 is 5.34. The molecule has 2 aromatic rings. The number of aromatic nitrogens is 1. The minimum absolute atomic E-state index is 0.497. The Balaban J connectivity index is 2.80. The summed E-state index contributed by atoms with van der Waals surface area (Å²) in [6.07, 6.45) is 1.88. The Morgan fingerprint density at radius 2 is 2.00 bits per heavy atom.